The van der Waals surface area contributed by atoms with Crippen molar-refractivity contribution in [2.24, 2.45) is 5.92 Å². The first-order valence-electron chi connectivity index (χ1n) is 5.72. The van der Waals surface area contributed by atoms with Crippen LogP contribution in [0.3, 0.4) is 0 Å². The summed E-state index contributed by atoms with van der Waals surface area (Å²) < 4.78 is 13.4. The van der Waals surface area contributed by atoms with Gasteiger partial charge >= 0.3 is 6.09 Å². The predicted octanol–water partition coefficient (Wildman–Crippen LogP) is 1.64. The van der Waals surface area contributed by atoms with Gasteiger partial charge in [-0.3, -0.25) is 4.79 Å². The van der Waals surface area contributed by atoms with E-state index < -0.39 is 11.9 Å². The van der Waals surface area contributed by atoms with Crippen molar-refractivity contribution >= 4 is 11.9 Å². The van der Waals surface area contributed by atoms with Crippen molar-refractivity contribution in [3.63, 3.8) is 0 Å². The Morgan fingerprint density at radius 3 is 2.84 bits per heavy atom. The molecule has 1 aliphatic carbocycles. The summed E-state index contributed by atoms with van der Waals surface area (Å²) in [6.07, 6.45) is -0.652. The number of ketones is 1. The maximum atomic E-state index is 13.4. The molecule has 1 aromatic carbocycles. The lowest BCUT2D eigenvalue weighted by molar-refractivity contribution is -0.119. The van der Waals surface area contributed by atoms with E-state index in [9.17, 15) is 14.0 Å². The predicted molar refractivity (Wildman–Crippen MR) is 63.0 cm³/mol. The zero-order chi connectivity index (χ0) is 14.0. The van der Waals surface area contributed by atoms with Gasteiger partial charge in [0.05, 0.1) is 12.1 Å². The molecule has 2 unspecified atom stereocenters. The van der Waals surface area contributed by atoms with E-state index in [4.69, 9.17) is 10.4 Å². The Balaban J connectivity index is 1.99. The van der Waals surface area contributed by atoms with Crippen LogP contribution in [0.25, 0.3) is 0 Å². The highest BCUT2D eigenvalue weighted by molar-refractivity contribution is 5.88. The van der Waals surface area contributed by atoms with Crippen LogP contribution in [-0.4, -0.2) is 23.5 Å². The van der Waals surface area contributed by atoms with Crippen LogP contribution in [0.1, 0.15) is 23.5 Å². The Morgan fingerprint density at radius 2 is 2.26 bits per heavy atom. The van der Waals surface area contributed by atoms with Gasteiger partial charge in [-0.15, -0.1) is 0 Å². The second-order valence-corrected chi connectivity index (χ2v) is 4.42. The topological polar surface area (TPSA) is 90.2 Å². The van der Waals surface area contributed by atoms with E-state index in [2.05, 4.69) is 0 Å². The smallest absolute Gasteiger partial charge is 0.405 e. The maximum Gasteiger partial charge on any atom is 0.405 e. The molecule has 0 saturated heterocycles. The summed E-state index contributed by atoms with van der Waals surface area (Å²) in [5.74, 6) is -1.14. The van der Waals surface area contributed by atoms with E-state index in [1.807, 2.05) is 5.32 Å². The number of amides is 1. The minimum Gasteiger partial charge on any atom is -0.465 e. The Bertz CT molecular complexity index is 580. The first-order valence-corrected chi connectivity index (χ1v) is 5.72. The van der Waals surface area contributed by atoms with Crippen molar-refractivity contribution in [1.29, 1.82) is 5.26 Å². The number of halogens is 1. The van der Waals surface area contributed by atoms with Gasteiger partial charge in [0, 0.05) is 5.92 Å². The number of Topliss-reactive ketones (excluding diaryl/α,β-unsaturated/α-hetero) is 1. The summed E-state index contributed by atoms with van der Waals surface area (Å²) >= 11 is 0. The summed E-state index contributed by atoms with van der Waals surface area (Å²) in [5.41, 5.74) is 0.644. The van der Waals surface area contributed by atoms with Crippen molar-refractivity contribution in [3.8, 4) is 6.07 Å². The second-order valence-electron chi connectivity index (χ2n) is 4.42. The molecule has 2 atom stereocenters. The highest BCUT2D eigenvalue weighted by Gasteiger charge is 2.43. The van der Waals surface area contributed by atoms with E-state index in [1.165, 1.54) is 12.1 Å². The van der Waals surface area contributed by atoms with Crippen LogP contribution in [0.15, 0.2) is 18.2 Å². The summed E-state index contributed by atoms with van der Waals surface area (Å²) in [6.45, 7) is -0.227. The summed E-state index contributed by atoms with van der Waals surface area (Å²) in [6, 6.07) is 6.01. The molecule has 0 bridgehead atoms. The summed E-state index contributed by atoms with van der Waals surface area (Å²) in [5, 5.41) is 19.0. The van der Waals surface area contributed by atoms with Crippen LogP contribution < -0.4 is 5.32 Å². The van der Waals surface area contributed by atoms with Crippen LogP contribution in [0.2, 0.25) is 0 Å². The molecule has 0 radical (unpaired) electrons. The molecule has 1 amide bonds. The van der Waals surface area contributed by atoms with Crippen LogP contribution >= 0.6 is 0 Å². The van der Waals surface area contributed by atoms with Crippen molar-refractivity contribution < 1.29 is 19.1 Å². The van der Waals surface area contributed by atoms with Gasteiger partial charge in [0.2, 0.25) is 0 Å². The highest BCUT2D eigenvalue weighted by atomic mass is 19.1. The van der Waals surface area contributed by atoms with Gasteiger partial charge in [-0.25, -0.2) is 9.18 Å². The molecule has 6 heteroatoms. The molecule has 5 nitrogen and oxygen atoms in total. The lowest BCUT2D eigenvalue weighted by Crippen LogP contribution is -2.28. The number of benzene rings is 1. The molecule has 1 aromatic rings. The van der Waals surface area contributed by atoms with Crippen molar-refractivity contribution in [2.75, 3.05) is 6.54 Å². The van der Waals surface area contributed by atoms with E-state index in [1.54, 1.807) is 12.1 Å². The normalized spacial score (nSPS) is 20.4. The van der Waals surface area contributed by atoms with Gasteiger partial charge in [-0.2, -0.15) is 5.26 Å². The molecule has 0 aromatic heterocycles. The molecule has 2 rings (SSSR count). The minimum absolute atomic E-state index is 0.0279. The third kappa shape index (κ3) is 2.88. The monoisotopic (exact) mass is 262 g/mol. The Labute approximate surface area is 108 Å². The molecule has 1 aliphatic rings. The number of hydrogen-bond acceptors (Lipinski definition) is 3. The largest absolute Gasteiger partial charge is 0.465 e. The van der Waals surface area contributed by atoms with Gasteiger partial charge in [-0.1, -0.05) is 6.07 Å². The third-order valence-electron chi connectivity index (χ3n) is 3.16. The molecular weight excluding hydrogens is 251 g/mol. The zero-order valence-corrected chi connectivity index (χ0v) is 9.89. The zero-order valence-electron chi connectivity index (χ0n) is 9.89. The lowest BCUT2D eigenvalue weighted by atomic mass is 10.1. The Morgan fingerprint density at radius 1 is 1.53 bits per heavy atom. The van der Waals surface area contributed by atoms with E-state index >= 15 is 0 Å². The van der Waals surface area contributed by atoms with Crippen molar-refractivity contribution in [1.82, 2.24) is 5.32 Å². The number of nitriles is 1. The first-order chi connectivity index (χ1) is 9.02. The molecular formula is C13H11FN2O3. The quantitative estimate of drug-likeness (QED) is 0.863. The third-order valence-corrected chi connectivity index (χ3v) is 3.16. The number of nitrogens with one attached hydrogen (secondary N) is 1. The van der Waals surface area contributed by atoms with Crippen LogP contribution in [-0.2, 0) is 4.79 Å². The molecule has 0 heterocycles. The van der Waals surface area contributed by atoms with Gasteiger partial charge in [0.15, 0.2) is 5.78 Å². The molecule has 0 spiro atoms. The van der Waals surface area contributed by atoms with Gasteiger partial charge < -0.3 is 10.4 Å². The van der Waals surface area contributed by atoms with Gasteiger partial charge in [0.25, 0.3) is 0 Å². The van der Waals surface area contributed by atoms with E-state index in [0.29, 0.717) is 12.0 Å². The number of nitrogens with zero attached hydrogens (tertiary/aromatic N) is 1. The van der Waals surface area contributed by atoms with Crippen LogP contribution in [0.4, 0.5) is 9.18 Å². The number of carboxylic acid groups (broad SMARTS) is 1. The number of carbonyl (C=O) groups is 2. The molecule has 19 heavy (non-hydrogen) atoms. The van der Waals surface area contributed by atoms with Crippen LogP contribution in [0.5, 0.6) is 0 Å². The second kappa shape index (κ2) is 5.06. The molecule has 1 saturated carbocycles. The Kier molecular flexibility index (Phi) is 3.47. The standard InChI is InChI=1S/C13H11FN2O3/c14-11-3-7(1-2-8(11)5-15)9-4-10(9)12(17)6-16-13(18)19/h1-3,9-10,16H,4,6H2,(H,18,19). The highest BCUT2D eigenvalue weighted by Crippen LogP contribution is 2.48. The van der Waals surface area contributed by atoms with Gasteiger partial charge in [0.1, 0.15) is 11.9 Å². The molecule has 98 valence electrons. The van der Waals surface area contributed by atoms with Crippen LogP contribution in [0, 0.1) is 23.1 Å². The average molecular weight is 262 g/mol. The number of carbonyl (C=O) groups excluding carboxylic acids is 1. The fourth-order valence-corrected chi connectivity index (χ4v) is 2.07. The van der Waals surface area contributed by atoms with Crippen molar-refractivity contribution in [3.05, 3.63) is 35.1 Å². The number of rotatable bonds is 4. The lowest BCUT2D eigenvalue weighted by Gasteiger charge is -2.02. The van der Waals surface area contributed by atoms with Gasteiger partial charge in [-0.05, 0) is 30.0 Å². The Hall–Kier alpha value is -2.42. The van der Waals surface area contributed by atoms with Crippen molar-refractivity contribution in [2.45, 2.75) is 12.3 Å². The minimum atomic E-state index is -1.24. The molecule has 1 fully saturated rings. The number of hydrogen-bond donors (Lipinski definition) is 2. The van der Waals surface area contributed by atoms with E-state index in [-0.39, 0.29) is 29.7 Å². The molecule has 0 aliphatic heterocycles. The summed E-state index contributed by atoms with van der Waals surface area (Å²) in [4.78, 5) is 21.9. The maximum absolute atomic E-state index is 13.4. The summed E-state index contributed by atoms with van der Waals surface area (Å²) in [7, 11) is 0. The average Bonchev–Trinajstić information content (AvgIpc) is 3.16. The fraction of sp³-hybridized carbons (Fsp3) is 0.308. The molecule has 2 N–H and O–H groups in total. The first kappa shape index (κ1) is 13.0. The van der Waals surface area contributed by atoms with E-state index in [0.717, 1.165) is 0 Å². The SMILES string of the molecule is N#Cc1ccc(C2CC2C(=O)CNC(=O)O)cc1F. The fourth-order valence-electron chi connectivity index (χ4n) is 2.07.